The molecule has 0 bridgehead atoms. The highest BCUT2D eigenvalue weighted by Crippen LogP contribution is 2.25. The van der Waals surface area contributed by atoms with Gasteiger partial charge in [0.1, 0.15) is 17.1 Å². The van der Waals surface area contributed by atoms with Crippen LogP contribution in [0.5, 0.6) is 0 Å². The molecule has 0 aliphatic carbocycles. The standard InChI is InChI=1S/C14H14ClF3N4O4S/c1-20(12(23)4-6-27(25,26)9-14(16,17)18)11-8-22(19-13(11)15)10-3-2-5-21(24)7-10/h2-3,5,7-8H,4,6,9H2,1H3. The second kappa shape index (κ2) is 7.72. The molecule has 0 aromatic carbocycles. The summed E-state index contributed by atoms with van der Waals surface area (Å²) in [5, 5.41) is 15.2. The van der Waals surface area contributed by atoms with Gasteiger partial charge in [0, 0.05) is 19.5 Å². The lowest BCUT2D eigenvalue weighted by atomic mass is 10.4. The summed E-state index contributed by atoms with van der Waals surface area (Å²) in [5.41, 5.74) is 0.463. The molecule has 2 heterocycles. The van der Waals surface area contributed by atoms with Crippen LogP contribution in [-0.2, 0) is 14.6 Å². The molecule has 0 unspecified atom stereocenters. The topological polar surface area (TPSA) is 99.2 Å². The molecule has 0 N–H and O–H groups in total. The minimum absolute atomic E-state index is 0.106. The predicted molar refractivity (Wildman–Crippen MR) is 90.3 cm³/mol. The van der Waals surface area contributed by atoms with Crippen molar-refractivity contribution in [1.29, 1.82) is 0 Å². The Morgan fingerprint density at radius 1 is 1.44 bits per heavy atom. The average Bonchev–Trinajstić information content (AvgIpc) is 2.91. The molecule has 0 spiro atoms. The van der Waals surface area contributed by atoms with Gasteiger partial charge in [0.15, 0.2) is 21.2 Å². The number of pyridine rings is 1. The van der Waals surface area contributed by atoms with Crippen LogP contribution in [0.15, 0.2) is 30.7 Å². The average molecular weight is 427 g/mol. The van der Waals surface area contributed by atoms with E-state index in [1.165, 1.54) is 36.4 Å². The summed E-state index contributed by atoms with van der Waals surface area (Å²) in [7, 11) is -3.18. The maximum Gasteiger partial charge on any atom is 0.402 e. The second-order valence-corrected chi connectivity index (χ2v) is 8.12. The molecule has 148 valence electrons. The van der Waals surface area contributed by atoms with Gasteiger partial charge in [0.25, 0.3) is 0 Å². The predicted octanol–water partition coefficient (Wildman–Crippen LogP) is 1.49. The lowest BCUT2D eigenvalue weighted by Crippen LogP contribution is -2.30. The van der Waals surface area contributed by atoms with Gasteiger partial charge in [-0.3, -0.25) is 4.79 Å². The van der Waals surface area contributed by atoms with E-state index in [1.54, 1.807) is 6.07 Å². The maximum absolute atomic E-state index is 12.2. The number of hydrogen-bond acceptors (Lipinski definition) is 5. The number of carbonyl (C=O) groups excluding carboxylic acids is 1. The van der Waals surface area contributed by atoms with Gasteiger partial charge in [-0.05, 0) is 6.07 Å². The van der Waals surface area contributed by atoms with Crippen molar-refractivity contribution >= 4 is 33.0 Å². The molecular formula is C14H14ClF3N4O4S. The highest BCUT2D eigenvalue weighted by atomic mass is 35.5. The Morgan fingerprint density at radius 3 is 2.70 bits per heavy atom. The van der Waals surface area contributed by atoms with Crippen LogP contribution in [0.3, 0.4) is 0 Å². The number of aromatic nitrogens is 3. The van der Waals surface area contributed by atoms with Crippen LogP contribution >= 0.6 is 11.6 Å². The van der Waals surface area contributed by atoms with Crippen LogP contribution in [0.4, 0.5) is 18.9 Å². The Hall–Kier alpha value is -2.34. The normalized spacial score (nSPS) is 12.2. The summed E-state index contributed by atoms with van der Waals surface area (Å²) in [6.45, 7) is 0. The molecule has 0 atom stereocenters. The third-order valence-electron chi connectivity index (χ3n) is 3.42. The van der Waals surface area contributed by atoms with E-state index in [-0.39, 0.29) is 10.8 Å². The fraction of sp³-hybridized carbons (Fsp3) is 0.357. The molecule has 8 nitrogen and oxygen atoms in total. The van der Waals surface area contributed by atoms with E-state index < -0.39 is 39.8 Å². The number of hydrogen-bond donors (Lipinski definition) is 0. The summed E-state index contributed by atoms with van der Waals surface area (Å²) in [5.74, 6) is -3.69. The van der Waals surface area contributed by atoms with Crippen LogP contribution < -0.4 is 9.63 Å². The van der Waals surface area contributed by atoms with Gasteiger partial charge in [-0.2, -0.15) is 23.0 Å². The molecule has 0 saturated heterocycles. The van der Waals surface area contributed by atoms with Crippen LogP contribution in [0.1, 0.15) is 6.42 Å². The van der Waals surface area contributed by atoms with Crippen molar-refractivity contribution in [2.45, 2.75) is 12.6 Å². The first-order chi connectivity index (χ1) is 12.4. The van der Waals surface area contributed by atoms with Gasteiger partial charge < -0.3 is 10.1 Å². The summed E-state index contributed by atoms with van der Waals surface area (Å²) < 4.78 is 61.3. The van der Waals surface area contributed by atoms with E-state index in [1.807, 2.05) is 0 Å². The van der Waals surface area contributed by atoms with Gasteiger partial charge in [-0.15, -0.1) is 0 Å². The summed E-state index contributed by atoms with van der Waals surface area (Å²) in [6.07, 6.45) is -1.72. The van der Waals surface area contributed by atoms with Crippen molar-refractivity contribution in [1.82, 2.24) is 9.78 Å². The molecule has 27 heavy (non-hydrogen) atoms. The van der Waals surface area contributed by atoms with Gasteiger partial charge in [0.05, 0.1) is 11.9 Å². The molecule has 0 aliphatic heterocycles. The van der Waals surface area contributed by atoms with Crippen LogP contribution in [0.2, 0.25) is 5.15 Å². The Labute approximate surface area is 157 Å². The van der Waals surface area contributed by atoms with E-state index in [9.17, 15) is 31.6 Å². The summed E-state index contributed by atoms with van der Waals surface area (Å²) in [6, 6.07) is 3.03. The Morgan fingerprint density at radius 2 is 2.11 bits per heavy atom. The molecule has 1 amide bonds. The first-order valence-corrected chi connectivity index (χ1v) is 9.56. The highest BCUT2D eigenvalue weighted by molar-refractivity contribution is 7.91. The monoisotopic (exact) mass is 426 g/mol. The van der Waals surface area contributed by atoms with E-state index in [0.717, 1.165) is 4.90 Å². The van der Waals surface area contributed by atoms with Gasteiger partial charge in [-0.25, -0.2) is 13.1 Å². The minimum Gasteiger partial charge on any atom is -0.619 e. The zero-order valence-electron chi connectivity index (χ0n) is 13.9. The number of rotatable bonds is 6. The number of amides is 1. The SMILES string of the molecule is CN(C(=O)CCS(=O)(=O)CC(F)(F)F)c1cn(-c2ccc[n+]([O-])c2)nc1Cl. The van der Waals surface area contributed by atoms with Crippen molar-refractivity contribution in [3.63, 3.8) is 0 Å². The number of sulfone groups is 1. The maximum atomic E-state index is 12.2. The van der Waals surface area contributed by atoms with E-state index >= 15 is 0 Å². The van der Waals surface area contributed by atoms with E-state index in [0.29, 0.717) is 10.4 Å². The third-order valence-corrected chi connectivity index (χ3v) is 5.28. The van der Waals surface area contributed by atoms with Crippen molar-refractivity contribution in [3.8, 4) is 5.69 Å². The Kier molecular flexibility index (Phi) is 6.00. The molecule has 13 heteroatoms. The molecule has 0 radical (unpaired) electrons. The summed E-state index contributed by atoms with van der Waals surface area (Å²) in [4.78, 5) is 13.1. The fourth-order valence-electron chi connectivity index (χ4n) is 2.15. The second-order valence-electron chi connectivity index (χ2n) is 5.58. The van der Waals surface area contributed by atoms with Crippen LogP contribution in [-0.4, -0.2) is 48.8 Å². The van der Waals surface area contributed by atoms with Gasteiger partial charge in [0.2, 0.25) is 12.1 Å². The third kappa shape index (κ3) is 5.82. The van der Waals surface area contributed by atoms with E-state index in [4.69, 9.17) is 11.6 Å². The summed E-state index contributed by atoms with van der Waals surface area (Å²) >= 11 is 5.97. The minimum atomic E-state index is -4.87. The number of anilines is 1. The molecule has 0 fully saturated rings. The number of halogens is 4. The lowest BCUT2D eigenvalue weighted by Gasteiger charge is -2.15. The quantitative estimate of drug-likeness (QED) is 0.514. The van der Waals surface area contributed by atoms with Gasteiger partial charge >= 0.3 is 6.18 Å². The van der Waals surface area contributed by atoms with Gasteiger partial charge in [-0.1, -0.05) is 11.6 Å². The zero-order valence-corrected chi connectivity index (χ0v) is 15.4. The molecule has 0 aliphatic rings. The number of carbonyl (C=O) groups is 1. The van der Waals surface area contributed by atoms with Crippen LogP contribution in [0, 0.1) is 5.21 Å². The smallest absolute Gasteiger partial charge is 0.402 e. The largest absolute Gasteiger partial charge is 0.619 e. The first-order valence-electron chi connectivity index (χ1n) is 7.36. The molecular weight excluding hydrogens is 413 g/mol. The molecule has 0 saturated carbocycles. The Balaban J connectivity index is 2.11. The molecule has 2 aromatic heterocycles. The van der Waals surface area contributed by atoms with E-state index in [2.05, 4.69) is 5.10 Å². The zero-order chi connectivity index (χ0) is 20.4. The Bertz CT molecular complexity index is 946. The lowest BCUT2D eigenvalue weighted by molar-refractivity contribution is -0.605. The molecule has 2 rings (SSSR count). The van der Waals surface area contributed by atoms with Crippen molar-refractivity contribution in [3.05, 3.63) is 41.1 Å². The molecule has 2 aromatic rings. The number of nitrogens with zero attached hydrogens (tertiary/aromatic N) is 4. The highest BCUT2D eigenvalue weighted by Gasteiger charge is 2.35. The fourth-order valence-corrected chi connectivity index (χ4v) is 3.53. The van der Waals surface area contributed by atoms with Crippen molar-refractivity contribution in [2.24, 2.45) is 0 Å². The first kappa shape index (κ1) is 21.0. The number of alkyl halides is 3. The van der Waals surface area contributed by atoms with Crippen LogP contribution in [0.25, 0.3) is 5.69 Å². The van der Waals surface area contributed by atoms with Crippen molar-refractivity contribution < 1.29 is 31.1 Å². The van der Waals surface area contributed by atoms with Crippen molar-refractivity contribution in [2.75, 3.05) is 23.5 Å².